The number of amides is 1. The van der Waals surface area contributed by atoms with Crippen molar-refractivity contribution in [1.29, 1.82) is 0 Å². The van der Waals surface area contributed by atoms with Gasteiger partial charge < -0.3 is 33.9 Å². The third-order valence-corrected chi connectivity index (χ3v) is 5.87. The molecule has 0 aromatic heterocycles. The van der Waals surface area contributed by atoms with Crippen molar-refractivity contribution in [3.8, 4) is 23.0 Å². The smallest absolute Gasteiger partial charge is 0.295 e. The van der Waals surface area contributed by atoms with Crippen LogP contribution >= 0.6 is 0 Å². The Balaban J connectivity index is 1.85. The van der Waals surface area contributed by atoms with E-state index in [1.807, 2.05) is 19.0 Å². The van der Waals surface area contributed by atoms with Crippen molar-refractivity contribution in [2.24, 2.45) is 0 Å². The summed E-state index contributed by atoms with van der Waals surface area (Å²) in [6.07, 6.45) is 0. The predicted octanol–water partition coefficient (Wildman–Crippen LogP) is 2.46. The summed E-state index contributed by atoms with van der Waals surface area (Å²) in [6, 6.07) is 9.33. The number of rotatable bonds is 7. The second-order valence-electron chi connectivity index (χ2n) is 8.27. The van der Waals surface area contributed by atoms with Gasteiger partial charge in [-0.2, -0.15) is 0 Å². The molecule has 1 N–H and O–H groups in total. The highest BCUT2D eigenvalue weighted by Crippen LogP contribution is 2.42. The van der Waals surface area contributed by atoms with Crippen LogP contribution in [0.25, 0.3) is 5.76 Å². The zero-order valence-electron chi connectivity index (χ0n) is 19.7. The first-order valence-corrected chi connectivity index (χ1v) is 10.9. The van der Waals surface area contributed by atoms with E-state index in [9.17, 15) is 14.7 Å². The third kappa shape index (κ3) is 4.26. The van der Waals surface area contributed by atoms with Crippen molar-refractivity contribution in [2.45, 2.75) is 6.04 Å². The van der Waals surface area contributed by atoms with E-state index in [0.717, 1.165) is 0 Å². The van der Waals surface area contributed by atoms with E-state index in [0.29, 0.717) is 60.4 Å². The zero-order chi connectivity index (χ0) is 24.4. The van der Waals surface area contributed by atoms with Gasteiger partial charge in [-0.15, -0.1) is 0 Å². The first kappa shape index (κ1) is 23.4. The van der Waals surface area contributed by atoms with Crippen LogP contribution in [0.1, 0.15) is 17.2 Å². The Morgan fingerprint density at radius 1 is 1.03 bits per heavy atom. The number of hydrogen-bond donors (Lipinski definition) is 1. The average Bonchev–Trinajstić information content (AvgIpc) is 3.11. The number of fused-ring (bicyclic) bond motifs is 1. The van der Waals surface area contributed by atoms with E-state index < -0.39 is 17.7 Å². The highest BCUT2D eigenvalue weighted by molar-refractivity contribution is 6.46. The molecule has 1 unspecified atom stereocenters. The topological polar surface area (TPSA) is 97.8 Å². The predicted molar refractivity (Wildman–Crippen MR) is 125 cm³/mol. The molecule has 2 aliphatic heterocycles. The van der Waals surface area contributed by atoms with Gasteiger partial charge in [0.15, 0.2) is 23.0 Å². The summed E-state index contributed by atoms with van der Waals surface area (Å²) in [5, 5.41) is 11.3. The number of hydrogen-bond acceptors (Lipinski definition) is 8. The van der Waals surface area contributed by atoms with Crippen molar-refractivity contribution in [2.75, 3.05) is 54.6 Å². The van der Waals surface area contributed by atoms with E-state index in [2.05, 4.69) is 0 Å². The summed E-state index contributed by atoms with van der Waals surface area (Å²) in [5.41, 5.74) is 0.989. The highest BCUT2D eigenvalue weighted by Gasteiger charge is 2.46. The van der Waals surface area contributed by atoms with E-state index >= 15 is 0 Å². The first-order chi connectivity index (χ1) is 16.3. The molecule has 1 saturated heterocycles. The van der Waals surface area contributed by atoms with Crippen LogP contribution in [-0.4, -0.2) is 81.2 Å². The molecule has 0 aliphatic carbocycles. The SMILES string of the molecule is COc1ccc(C2/C(=C(\O)c3ccc4c(c3)OCCO4)C(=O)C(=O)N2CCN(C)C)cc1OC. The van der Waals surface area contributed by atoms with Crippen LogP contribution in [0, 0.1) is 0 Å². The van der Waals surface area contributed by atoms with Gasteiger partial charge >= 0.3 is 0 Å². The fraction of sp³-hybridized carbons (Fsp3) is 0.360. The fourth-order valence-corrected chi connectivity index (χ4v) is 4.13. The number of aliphatic hydroxyl groups is 1. The maximum absolute atomic E-state index is 13.2. The number of benzene rings is 2. The Labute approximate surface area is 198 Å². The minimum atomic E-state index is -0.798. The number of carbonyl (C=O) groups is 2. The lowest BCUT2D eigenvalue weighted by atomic mass is 9.94. The van der Waals surface area contributed by atoms with Gasteiger partial charge in [-0.05, 0) is 50.0 Å². The Kier molecular flexibility index (Phi) is 6.65. The molecule has 1 fully saturated rings. The standard InChI is InChI=1S/C25H28N2O7/c1-26(2)9-10-27-22(15-5-7-17(31-3)19(13-15)32-4)21(24(29)25(27)30)23(28)16-6-8-18-20(14-16)34-12-11-33-18/h5-8,13-14,22,28H,9-12H2,1-4H3/b23-21+. The van der Waals surface area contributed by atoms with E-state index in [-0.39, 0.29) is 11.3 Å². The fourth-order valence-electron chi connectivity index (χ4n) is 4.13. The summed E-state index contributed by atoms with van der Waals surface area (Å²) in [6.45, 7) is 1.67. The molecule has 2 heterocycles. The molecule has 0 spiro atoms. The number of carbonyl (C=O) groups excluding carboxylic acids is 2. The van der Waals surface area contributed by atoms with Crippen LogP contribution in [0.2, 0.25) is 0 Å². The second kappa shape index (κ2) is 9.64. The van der Waals surface area contributed by atoms with Crippen molar-refractivity contribution in [3.63, 3.8) is 0 Å². The Morgan fingerprint density at radius 2 is 1.74 bits per heavy atom. The molecule has 0 radical (unpaired) electrons. The van der Waals surface area contributed by atoms with Crippen LogP contribution in [0.4, 0.5) is 0 Å². The lowest BCUT2D eigenvalue weighted by Crippen LogP contribution is -2.35. The second-order valence-corrected chi connectivity index (χ2v) is 8.27. The van der Waals surface area contributed by atoms with Crippen LogP contribution in [0.15, 0.2) is 42.0 Å². The quantitative estimate of drug-likeness (QED) is 0.376. The summed E-state index contributed by atoms with van der Waals surface area (Å²) in [4.78, 5) is 29.7. The van der Waals surface area contributed by atoms with Gasteiger partial charge in [-0.1, -0.05) is 6.07 Å². The molecule has 180 valence electrons. The Hall–Kier alpha value is -3.72. The molecule has 9 nitrogen and oxygen atoms in total. The molecule has 34 heavy (non-hydrogen) atoms. The molecular formula is C25H28N2O7. The highest BCUT2D eigenvalue weighted by atomic mass is 16.6. The van der Waals surface area contributed by atoms with Gasteiger partial charge in [0.2, 0.25) is 0 Å². The number of likely N-dealkylation sites (N-methyl/N-ethyl adjacent to an activating group) is 1. The van der Waals surface area contributed by atoms with Crippen molar-refractivity contribution in [1.82, 2.24) is 9.80 Å². The maximum Gasteiger partial charge on any atom is 0.295 e. The Bertz CT molecular complexity index is 1140. The number of nitrogens with zero attached hydrogens (tertiary/aromatic N) is 2. The number of methoxy groups -OCH3 is 2. The van der Waals surface area contributed by atoms with E-state index in [1.165, 1.54) is 19.1 Å². The van der Waals surface area contributed by atoms with Gasteiger partial charge in [0.1, 0.15) is 19.0 Å². The largest absolute Gasteiger partial charge is 0.507 e. The van der Waals surface area contributed by atoms with Gasteiger partial charge in [-0.25, -0.2) is 0 Å². The molecule has 2 aliphatic rings. The van der Waals surface area contributed by atoms with E-state index in [1.54, 1.807) is 36.4 Å². The van der Waals surface area contributed by atoms with Crippen LogP contribution in [0.5, 0.6) is 23.0 Å². The maximum atomic E-state index is 13.2. The molecule has 0 saturated carbocycles. The molecule has 9 heteroatoms. The van der Waals surface area contributed by atoms with Crippen molar-refractivity contribution in [3.05, 3.63) is 53.1 Å². The summed E-state index contributed by atoms with van der Waals surface area (Å²) < 4.78 is 21.9. The molecule has 1 amide bonds. The van der Waals surface area contributed by atoms with Crippen LogP contribution < -0.4 is 18.9 Å². The minimum Gasteiger partial charge on any atom is -0.507 e. The molecule has 2 aromatic carbocycles. The van der Waals surface area contributed by atoms with Crippen LogP contribution in [-0.2, 0) is 9.59 Å². The van der Waals surface area contributed by atoms with Crippen molar-refractivity contribution >= 4 is 17.4 Å². The van der Waals surface area contributed by atoms with Gasteiger partial charge in [0, 0.05) is 18.7 Å². The zero-order valence-corrected chi connectivity index (χ0v) is 19.7. The van der Waals surface area contributed by atoms with Crippen molar-refractivity contribution < 1.29 is 33.6 Å². The number of ether oxygens (including phenoxy) is 4. The van der Waals surface area contributed by atoms with E-state index in [4.69, 9.17) is 18.9 Å². The number of aliphatic hydroxyl groups excluding tert-OH is 1. The normalized spacial score (nSPS) is 19.0. The Morgan fingerprint density at radius 3 is 2.41 bits per heavy atom. The number of ketones is 1. The van der Waals surface area contributed by atoms with Crippen LogP contribution in [0.3, 0.4) is 0 Å². The molecule has 1 atom stereocenters. The molecular weight excluding hydrogens is 440 g/mol. The molecule has 0 bridgehead atoms. The summed E-state index contributed by atoms with van der Waals surface area (Å²) in [7, 11) is 6.82. The lowest BCUT2D eigenvalue weighted by molar-refractivity contribution is -0.140. The summed E-state index contributed by atoms with van der Waals surface area (Å²) >= 11 is 0. The summed E-state index contributed by atoms with van der Waals surface area (Å²) in [5.74, 6) is 0.320. The third-order valence-electron chi connectivity index (χ3n) is 5.87. The average molecular weight is 469 g/mol. The minimum absolute atomic E-state index is 0.00709. The van der Waals surface area contributed by atoms with Gasteiger partial charge in [0.25, 0.3) is 11.7 Å². The lowest BCUT2D eigenvalue weighted by Gasteiger charge is -2.27. The first-order valence-electron chi connectivity index (χ1n) is 10.9. The van der Waals surface area contributed by atoms with Gasteiger partial charge in [0.05, 0.1) is 25.8 Å². The number of likely N-dealkylation sites (tertiary alicyclic amines) is 1. The molecule has 4 rings (SSSR count). The number of Topliss-reactive ketones (excluding diaryl/α,β-unsaturated/α-hetero) is 1. The molecule has 2 aromatic rings. The van der Waals surface area contributed by atoms with Gasteiger partial charge in [-0.3, -0.25) is 9.59 Å². The monoisotopic (exact) mass is 468 g/mol.